The van der Waals surface area contributed by atoms with E-state index in [1.54, 1.807) is 0 Å². The second-order valence-electron chi connectivity index (χ2n) is 6.11. The number of aryl methyl sites for hydroxylation is 1. The zero-order chi connectivity index (χ0) is 17.1. The van der Waals surface area contributed by atoms with Crippen molar-refractivity contribution in [2.45, 2.75) is 19.8 Å². The summed E-state index contributed by atoms with van der Waals surface area (Å²) in [7, 11) is 0. The third kappa shape index (κ3) is 3.38. The molecule has 2 aromatic heterocycles. The normalized spacial score (nSPS) is 16.0. The number of thiophene rings is 1. The molecular formula is C17H24N4O2S. The Morgan fingerprint density at radius 2 is 2.08 bits per heavy atom. The number of carbonyl (C=O) groups is 1. The number of nitrogens with two attached hydrogens (primary N) is 1. The molecule has 1 amide bonds. The summed E-state index contributed by atoms with van der Waals surface area (Å²) in [6.45, 7) is 5.86. The van der Waals surface area contributed by atoms with Gasteiger partial charge >= 0.3 is 0 Å². The molecule has 0 aromatic carbocycles. The fourth-order valence-electron chi connectivity index (χ4n) is 3.05. The number of aliphatic hydroxyl groups excluding tert-OH is 1. The molecule has 0 radical (unpaired) electrons. The Morgan fingerprint density at radius 1 is 1.33 bits per heavy atom. The maximum absolute atomic E-state index is 12.8. The molecular weight excluding hydrogens is 324 g/mol. The molecule has 0 atom stereocenters. The summed E-state index contributed by atoms with van der Waals surface area (Å²) in [5, 5.41) is 9.88. The van der Waals surface area contributed by atoms with E-state index in [2.05, 4.69) is 16.8 Å². The van der Waals surface area contributed by atoms with E-state index in [4.69, 9.17) is 10.8 Å². The zero-order valence-corrected chi connectivity index (χ0v) is 14.8. The van der Waals surface area contributed by atoms with Crippen LogP contribution < -0.4 is 5.73 Å². The Hall–Kier alpha value is -1.70. The molecule has 3 heterocycles. The quantitative estimate of drug-likeness (QED) is 0.857. The van der Waals surface area contributed by atoms with Crippen LogP contribution in [0.5, 0.6) is 0 Å². The molecule has 1 aliphatic heterocycles. The van der Waals surface area contributed by atoms with Crippen LogP contribution in [-0.4, -0.2) is 65.1 Å². The summed E-state index contributed by atoms with van der Waals surface area (Å²) in [4.78, 5) is 22.9. The van der Waals surface area contributed by atoms with Crippen LogP contribution in [0, 0.1) is 0 Å². The summed E-state index contributed by atoms with van der Waals surface area (Å²) in [6.07, 6.45) is 1.98. The van der Waals surface area contributed by atoms with Gasteiger partial charge in [0.1, 0.15) is 9.71 Å². The van der Waals surface area contributed by atoms with Crippen molar-refractivity contribution in [3.05, 3.63) is 22.7 Å². The predicted octanol–water partition coefficient (Wildman–Crippen LogP) is 1.58. The van der Waals surface area contributed by atoms with Crippen LogP contribution in [0.25, 0.3) is 10.2 Å². The number of fused-ring (bicyclic) bond motifs is 1. The fourth-order valence-corrected chi connectivity index (χ4v) is 4.13. The standard InChI is InChI=1S/C17H24N4O2S/c1-2-3-12-4-5-13-14(18)15(24-16(13)19-12)17(23)21-8-6-20(7-9-21)10-11-22/h4-5,22H,2-3,6-11,18H2,1H3. The van der Waals surface area contributed by atoms with Crippen molar-refractivity contribution in [3.63, 3.8) is 0 Å². The first kappa shape index (κ1) is 17.1. The van der Waals surface area contributed by atoms with Crippen LogP contribution in [0.1, 0.15) is 28.7 Å². The van der Waals surface area contributed by atoms with E-state index in [1.165, 1.54) is 11.3 Å². The van der Waals surface area contributed by atoms with Crippen LogP contribution >= 0.6 is 11.3 Å². The molecule has 0 spiro atoms. The molecule has 1 fully saturated rings. The van der Waals surface area contributed by atoms with Gasteiger partial charge < -0.3 is 15.7 Å². The van der Waals surface area contributed by atoms with Crippen LogP contribution in [0.3, 0.4) is 0 Å². The van der Waals surface area contributed by atoms with E-state index < -0.39 is 0 Å². The minimum absolute atomic E-state index is 0.00353. The van der Waals surface area contributed by atoms with Gasteiger partial charge in [0.2, 0.25) is 0 Å². The molecule has 1 aliphatic rings. The Bertz CT molecular complexity index is 723. The molecule has 7 heteroatoms. The zero-order valence-electron chi connectivity index (χ0n) is 14.0. The maximum Gasteiger partial charge on any atom is 0.266 e. The second-order valence-corrected chi connectivity index (χ2v) is 7.11. The van der Waals surface area contributed by atoms with Gasteiger partial charge in [-0.3, -0.25) is 9.69 Å². The number of β-amino-alcohol motifs (C(OH)–C–C–N with tert-alkyl or cyclic N) is 1. The first-order chi connectivity index (χ1) is 11.6. The molecule has 0 unspecified atom stereocenters. The Labute approximate surface area is 145 Å². The van der Waals surface area contributed by atoms with Crippen molar-refractivity contribution in [2.24, 2.45) is 0 Å². The van der Waals surface area contributed by atoms with Gasteiger partial charge in [-0.05, 0) is 18.6 Å². The number of hydrogen-bond donors (Lipinski definition) is 2. The van der Waals surface area contributed by atoms with E-state index in [9.17, 15) is 4.79 Å². The van der Waals surface area contributed by atoms with Gasteiger partial charge in [-0.25, -0.2) is 4.98 Å². The minimum Gasteiger partial charge on any atom is -0.397 e. The Kier molecular flexibility index (Phi) is 5.33. The highest BCUT2D eigenvalue weighted by atomic mass is 32.1. The van der Waals surface area contributed by atoms with Crippen molar-refractivity contribution < 1.29 is 9.90 Å². The van der Waals surface area contributed by atoms with E-state index in [1.807, 2.05) is 17.0 Å². The number of amides is 1. The van der Waals surface area contributed by atoms with Gasteiger partial charge in [0.15, 0.2) is 0 Å². The number of rotatable bonds is 5. The molecule has 0 bridgehead atoms. The number of aromatic nitrogens is 1. The minimum atomic E-state index is -0.00353. The number of hydrogen-bond acceptors (Lipinski definition) is 6. The Morgan fingerprint density at radius 3 is 2.75 bits per heavy atom. The largest absolute Gasteiger partial charge is 0.397 e. The SMILES string of the molecule is CCCc1ccc2c(N)c(C(=O)N3CCN(CCO)CC3)sc2n1. The average molecular weight is 348 g/mol. The highest BCUT2D eigenvalue weighted by Crippen LogP contribution is 2.33. The number of aliphatic hydroxyl groups is 1. The van der Waals surface area contributed by atoms with E-state index in [0.29, 0.717) is 30.2 Å². The van der Waals surface area contributed by atoms with Gasteiger partial charge in [-0.2, -0.15) is 0 Å². The summed E-state index contributed by atoms with van der Waals surface area (Å²) in [5.41, 5.74) is 7.82. The van der Waals surface area contributed by atoms with E-state index in [-0.39, 0.29) is 12.5 Å². The lowest BCUT2D eigenvalue weighted by atomic mass is 10.2. The molecule has 3 N–H and O–H groups in total. The van der Waals surface area contributed by atoms with Crippen molar-refractivity contribution in [3.8, 4) is 0 Å². The third-order valence-corrected chi connectivity index (χ3v) is 5.53. The summed E-state index contributed by atoms with van der Waals surface area (Å²) < 4.78 is 0. The summed E-state index contributed by atoms with van der Waals surface area (Å²) in [5.74, 6) is -0.00353. The highest BCUT2D eigenvalue weighted by molar-refractivity contribution is 7.21. The predicted molar refractivity (Wildman–Crippen MR) is 97.5 cm³/mol. The summed E-state index contributed by atoms with van der Waals surface area (Å²) >= 11 is 1.40. The number of anilines is 1. The molecule has 2 aromatic rings. The number of pyridine rings is 1. The number of nitrogens with zero attached hydrogens (tertiary/aromatic N) is 3. The second kappa shape index (κ2) is 7.46. The molecule has 130 valence electrons. The molecule has 0 aliphatic carbocycles. The molecule has 0 saturated carbocycles. The summed E-state index contributed by atoms with van der Waals surface area (Å²) in [6, 6.07) is 3.98. The fraction of sp³-hybridized carbons (Fsp3) is 0.529. The van der Waals surface area contributed by atoms with Crippen LogP contribution in [-0.2, 0) is 6.42 Å². The van der Waals surface area contributed by atoms with Crippen molar-refractivity contribution in [2.75, 3.05) is 45.1 Å². The smallest absolute Gasteiger partial charge is 0.266 e. The van der Waals surface area contributed by atoms with Gasteiger partial charge in [0, 0.05) is 43.8 Å². The lowest BCUT2D eigenvalue weighted by Crippen LogP contribution is -2.49. The van der Waals surface area contributed by atoms with E-state index >= 15 is 0 Å². The highest BCUT2D eigenvalue weighted by Gasteiger charge is 2.25. The average Bonchev–Trinajstić information content (AvgIpc) is 2.92. The van der Waals surface area contributed by atoms with Gasteiger partial charge in [-0.1, -0.05) is 13.3 Å². The van der Waals surface area contributed by atoms with Gasteiger partial charge in [-0.15, -0.1) is 11.3 Å². The van der Waals surface area contributed by atoms with Gasteiger partial charge in [0.25, 0.3) is 5.91 Å². The molecule has 6 nitrogen and oxygen atoms in total. The number of piperazine rings is 1. The Balaban J connectivity index is 1.79. The van der Waals surface area contributed by atoms with Crippen molar-refractivity contribution in [1.29, 1.82) is 0 Å². The lowest BCUT2D eigenvalue weighted by molar-refractivity contribution is 0.0620. The number of carbonyl (C=O) groups excluding carboxylic acids is 1. The number of nitrogen functional groups attached to an aromatic ring is 1. The molecule has 1 saturated heterocycles. The van der Waals surface area contributed by atoms with E-state index in [0.717, 1.165) is 41.8 Å². The van der Waals surface area contributed by atoms with Crippen LogP contribution in [0.4, 0.5) is 5.69 Å². The first-order valence-corrected chi connectivity index (χ1v) is 9.26. The third-order valence-electron chi connectivity index (χ3n) is 4.43. The maximum atomic E-state index is 12.8. The topological polar surface area (TPSA) is 82.7 Å². The van der Waals surface area contributed by atoms with Crippen LogP contribution in [0.15, 0.2) is 12.1 Å². The first-order valence-electron chi connectivity index (χ1n) is 8.44. The van der Waals surface area contributed by atoms with Crippen molar-refractivity contribution >= 4 is 33.1 Å². The van der Waals surface area contributed by atoms with Crippen LogP contribution in [0.2, 0.25) is 0 Å². The lowest BCUT2D eigenvalue weighted by Gasteiger charge is -2.34. The van der Waals surface area contributed by atoms with Crippen molar-refractivity contribution in [1.82, 2.24) is 14.8 Å². The van der Waals surface area contributed by atoms with Gasteiger partial charge in [0.05, 0.1) is 12.3 Å². The molecule has 24 heavy (non-hydrogen) atoms. The molecule has 3 rings (SSSR count). The monoisotopic (exact) mass is 348 g/mol.